The Bertz CT molecular complexity index is 508. The predicted octanol–water partition coefficient (Wildman–Crippen LogP) is 2.17. The summed E-state index contributed by atoms with van der Waals surface area (Å²) in [7, 11) is 0. The summed E-state index contributed by atoms with van der Waals surface area (Å²) in [6.07, 6.45) is 2.78. The van der Waals surface area contributed by atoms with Gasteiger partial charge >= 0.3 is 11.9 Å². The lowest BCUT2D eigenvalue weighted by molar-refractivity contribution is -0.150. The number of carbonyl (C=O) groups excluding carboxylic acids is 1. The second-order valence-corrected chi connectivity index (χ2v) is 5.09. The molecule has 2 N–H and O–H groups in total. The molecule has 5 nitrogen and oxygen atoms in total. The van der Waals surface area contributed by atoms with Crippen LogP contribution in [-0.2, 0) is 14.4 Å². The Balaban J connectivity index is 2.15. The van der Waals surface area contributed by atoms with Gasteiger partial charge in [0.25, 0.3) is 0 Å². The molecule has 0 amide bonds. The summed E-state index contributed by atoms with van der Waals surface area (Å²) < 4.78 is 0. The van der Waals surface area contributed by atoms with E-state index in [1.54, 1.807) is 24.3 Å². The van der Waals surface area contributed by atoms with E-state index in [0.29, 0.717) is 18.8 Å². The molecule has 0 aliphatic heterocycles. The van der Waals surface area contributed by atoms with Gasteiger partial charge in [-0.3, -0.25) is 14.4 Å². The molecular weight excluding hydrogens is 260 g/mol. The molecule has 1 aromatic carbocycles. The van der Waals surface area contributed by atoms with Crippen molar-refractivity contribution in [3.63, 3.8) is 0 Å². The lowest BCUT2D eigenvalue weighted by Crippen LogP contribution is -2.21. The quantitative estimate of drug-likeness (QED) is 0.822. The van der Waals surface area contributed by atoms with Crippen LogP contribution in [0.1, 0.15) is 48.6 Å². The minimum Gasteiger partial charge on any atom is -0.480 e. The van der Waals surface area contributed by atoms with E-state index in [-0.39, 0.29) is 11.3 Å². The van der Waals surface area contributed by atoms with Gasteiger partial charge < -0.3 is 10.2 Å². The van der Waals surface area contributed by atoms with Crippen molar-refractivity contribution in [2.45, 2.75) is 37.5 Å². The highest BCUT2D eigenvalue weighted by molar-refractivity contribution is 5.98. The third-order valence-corrected chi connectivity index (χ3v) is 3.78. The van der Waals surface area contributed by atoms with Crippen LogP contribution in [-0.4, -0.2) is 27.9 Å². The van der Waals surface area contributed by atoms with Crippen molar-refractivity contribution in [3.8, 4) is 0 Å². The summed E-state index contributed by atoms with van der Waals surface area (Å²) in [5, 5.41) is 17.9. The molecule has 106 valence electrons. The van der Waals surface area contributed by atoms with E-state index in [2.05, 4.69) is 0 Å². The van der Waals surface area contributed by atoms with Gasteiger partial charge in [0.05, 0.1) is 0 Å². The first-order chi connectivity index (χ1) is 9.49. The van der Waals surface area contributed by atoms with E-state index in [1.807, 2.05) is 0 Å². The first-order valence-electron chi connectivity index (χ1n) is 6.56. The molecule has 1 aliphatic carbocycles. The zero-order valence-corrected chi connectivity index (χ0v) is 10.9. The average molecular weight is 276 g/mol. The van der Waals surface area contributed by atoms with Crippen LogP contribution >= 0.6 is 0 Å². The van der Waals surface area contributed by atoms with Gasteiger partial charge in [-0.15, -0.1) is 0 Å². The number of aliphatic carboxylic acids is 2. The number of carboxylic acid groups (broad SMARTS) is 2. The van der Waals surface area contributed by atoms with Crippen LogP contribution in [0.4, 0.5) is 0 Å². The van der Waals surface area contributed by atoms with Crippen molar-refractivity contribution in [2.24, 2.45) is 0 Å². The Kier molecular flexibility index (Phi) is 4.17. The largest absolute Gasteiger partial charge is 0.480 e. The van der Waals surface area contributed by atoms with E-state index < -0.39 is 17.9 Å². The van der Waals surface area contributed by atoms with Crippen LogP contribution in [0.3, 0.4) is 0 Å². The van der Waals surface area contributed by atoms with Crippen molar-refractivity contribution >= 4 is 17.7 Å². The topological polar surface area (TPSA) is 91.7 Å². The number of ketones is 1. The molecule has 0 heterocycles. The molecule has 20 heavy (non-hydrogen) atoms. The number of carboxylic acids is 2. The minimum atomic E-state index is -1.53. The highest BCUT2D eigenvalue weighted by Crippen LogP contribution is 2.31. The lowest BCUT2D eigenvalue weighted by Gasteiger charge is -2.21. The zero-order chi connectivity index (χ0) is 14.7. The molecule has 5 heteroatoms. The molecule has 0 bridgehead atoms. The number of benzene rings is 1. The maximum Gasteiger partial charge on any atom is 0.322 e. The second kappa shape index (κ2) is 5.86. The molecule has 0 radical (unpaired) electrons. The molecule has 0 saturated heterocycles. The minimum absolute atomic E-state index is 0.264. The van der Waals surface area contributed by atoms with Crippen LogP contribution in [0.5, 0.6) is 0 Å². The highest BCUT2D eigenvalue weighted by atomic mass is 16.4. The van der Waals surface area contributed by atoms with E-state index >= 15 is 0 Å². The van der Waals surface area contributed by atoms with Gasteiger partial charge in [-0.05, 0) is 29.9 Å². The summed E-state index contributed by atoms with van der Waals surface area (Å²) in [5.74, 6) is -3.68. The van der Waals surface area contributed by atoms with Gasteiger partial charge in [-0.2, -0.15) is 0 Å². The van der Waals surface area contributed by atoms with Gasteiger partial charge in [0, 0.05) is 12.8 Å². The van der Waals surface area contributed by atoms with E-state index in [9.17, 15) is 14.4 Å². The summed E-state index contributed by atoms with van der Waals surface area (Å²) in [5.41, 5.74) is 1.30. The number of Topliss-reactive ketones (excluding diaryl/α,β-unsaturated/α-hetero) is 1. The third-order valence-electron chi connectivity index (χ3n) is 3.78. The maximum absolute atomic E-state index is 11.2. The second-order valence-electron chi connectivity index (χ2n) is 5.09. The summed E-state index contributed by atoms with van der Waals surface area (Å²) in [6.45, 7) is 0. The number of hydrogen-bond donors (Lipinski definition) is 2. The maximum atomic E-state index is 11.2. The number of hydrogen-bond acceptors (Lipinski definition) is 3. The Hall–Kier alpha value is -2.17. The van der Waals surface area contributed by atoms with Crippen LogP contribution in [0, 0.1) is 0 Å². The van der Waals surface area contributed by atoms with Gasteiger partial charge in [0.1, 0.15) is 5.78 Å². The van der Waals surface area contributed by atoms with Crippen molar-refractivity contribution < 1.29 is 24.6 Å². The molecule has 2 rings (SSSR count). The fraction of sp³-hybridized carbons (Fsp3) is 0.400. The predicted molar refractivity (Wildman–Crippen MR) is 70.7 cm³/mol. The normalized spacial score (nSPS) is 16.4. The third kappa shape index (κ3) is 3.04. The Labute approximate surface area is 116 Å². The molecule has 1 aromatic rings. The summed E-state index contributed by atoms with van der Waals surface area (Å²) in [4.78, 5) is 33.1. The van der Waals surface area contributed by atoms with Gasteiger partial charge in [0.2, 0.25) is 0 Å². The molecule has 0 aromatic heterocycles. The van der Waals surface area contributed by atoms with Crippen molar-refractivity contribution in [2.75, 3.05) is 0 Å². The summed E-state index contributed by atoms with van der Waals surface area (Å²) >= 11 is 0. The molecule has 1 aliphatic rings. The van der Waals surface area contributed by atoms with E-state index in [4.69, 9.17) is 10.2 Å². The smallest absolute Gasteiger partial charge is 0.322 e. The van der Waals surface area contributed by atoms with E-state index in [0.717, 1.165) is 18.4 Å². The van der Waals surface area contributed by atoms with Crippen molar-refractivity contribution in [1.82, 2.24) is 0 Å². The molecule has 1 fully saturated rings. The van der Waals surface area contributed by atoms with Crippen molar-refractivity contribution in [3.05, 3.63) is 35.4 Å². The molecular formula is C15H16O5. The Morgan fingerprint density at radius 2 is 1.50 bits per heavy atom. The number of carbonyl (C=O) groups is 3. The Morgan fingerprint density at radius 3 is 1.95 bits per heavy atom. The van der Waals surface area contributed by atoms with Crippen LogP contribution in [0.25, 0.3) is 0 Å². The lowest BCUT2D eigenvalue weighted by atomic mass is 9.83. The SMILES string of the molecule is O=C1CCC(c2ccc(C(C(=O)O)C(=O)O)cc2)CC1. The van der Waals surface area contributed by atoms with Gasteiger partial charge in [-0.25, -0.2) is 0 Å². The van der Waals surface area contributed by atoms with Gasteiger partial charge in [0.15, 0.2) is 5.92 Å². The highest BCUT2D eigenvalue weighted by Gasteiger charge is 2.28. The van der Waals surface area contributed by atoms with Crippen LogP contribution in [0.2, 0.25) is 0 Å². The number of rotatable bonds is 4. The molecule has 0 atom stereocenters. The van der Waals surface area contributed by atoms with Crippen LogP contribution < -0.4 is 0 Å². The van der Waals surface area contributed by atoms with Crippen LogP contribution in [0.15, 0.2) is 24.3 Å². The van der Waals surface area contributed by atoms with Gasteiger partial charge in [-0.1, -0.05) is 24.3 Å². The monoisotopic (exact) mass is 276 g/mol. The standard InChI is InChI=1S/C15H16O5/c16-12-7-5-10(6-8-12)9-1-3-11(4-2-9)13(14(17)18)15(19)20/h1-4,10,13H,5-8H2,(H,17,18)(H,19,20). The molecule has 1 saturated carbocycles. The molecule has 0 spiro atoms. The summed E-state index contributed by atoms with van der Waals surface area (Å²) in [6, 6.07) is 6.65. The Morgan fingerprint density at radius 1 is 1.00 bits per heavy atom. The fourth-order valence-electron chi connectivity index (χ4n) is 2.62. The molecule has 0 unspecified atom stereocenters. The first-order valence-corrected chi connectivity index (χ1v) is 6.56. The zero-order valence-electron chi connectivity index (χ0n) is 10.9. The first kappa shape index (κ1) is 14.2. The van der Waals surface area contributed by atoms with Crippen molar-refractivity contribution in [1.29, 1.82) is 0 Å². The van der Waals surface area contributed by atoms with E-state index in [1.165, 1.54) is 0 Å². The average Bonchev–Trinajstić information content (AvgIpc) is 2.40. The fourth-order valence-corrected chi connectivity index (χ4v) is 2.62.